The van der Waals surface area contributed by atoms with Crippen LogP contribution in [-0.2, 0) is 11.3 Å². The summed E-state index contributed by atoms with van der Waals surface area (Å²) in [5, 5.41) is 0.652. The summed E-state index contributed by atoms with van der Waals surface area (Å²) in [4.78, 5) is 4.09. The van der Waals surface area contributed by atoms with Crippen molar-refractivity contribution in [3.05, 3.63) is 47.7 Å². The normalized spacial score (nSPS) is 14.4. The molecule has 98 valence electrons. The van der Waals surface area contributed by atoms with E-state index in [9.17, 15) is 0 Å². The molecule has 1 aromatic rings. The highest BCUT2D eigenvalue weighted by molar-refractivity contribution is 8.93. The molecule has 2 N–H and O–H groups in total. The van der Waals surface area contributed by atoms with Gasteiger partial charge in [-0.05, 0) is 17.6 Å². The van der Waals surface area contributed by atoms with Gasteiger partial charge in [-0.2, -0.15) is 0 Å². The second-order valence-corrected chi connectivity index (χ2v) is 4.83. The summed E-state index contributed by atoms with van der Waals surface area (Å²) >= 11 is 1.58. The molecular weight excluding hydrogens is 312 g/mol. The van der Waals surface area contributed by atoms with E-state index in [1.54, 1.807) is 11.8 Å². The van der Waals surface area contributed by atoms with Crippen molar-refractivity contribution in [2.24, 2.45) is 10.7 Å². The maximum atomic E-state index is 5.62. The van der Waals surface area contributed by atoms with Gasteiger partial charge >= 0.3 is 0 Å². The fraction of sp³-hybridized carbons (Fsp3) is 0.308. The number of thioether (sulfide) groups is 1. The molecule has 18 heavy (non-hydrogen) atoms. The average Bonchev–Trinajstić information content (AvgIpc) is 2.38. The quantitative estimate of drug-likeness (QED) is 0.845. The molecular formula is C13H17BrN2OS. The van der Waals surface area contributed by atoms with E-state index in [0.29, 0.717) is 11.8 Å². The molecule has 0 aliphatic carbocycles. The maximum Gasteiger partial charge on any atom is 0.158 e. The summed E-state index contributed by atoms with van der Waals surface area (Å²) in [6.07, 6.45) is 2.79. The van der Waals surface area contributed by atoms with Crippen molar-refractivity contribution < 1.29 is 4.74 Å². The zero-order chi connectivity index (χ0) is 11.9. The van der Waals surface area contributed by atoms with Crippen LogP contribution in [-0.4, -0.2) is 17.5 Å². The summed E-state index contributed by atoms with van der Waals surface area (Å²) < 4.78 is 5.62. The Hall–Kier alpha value is -0.780. The number of benzene rings is 1. The van der Waals surface area contributed by atoms with Gasteiger partial charge in [-0.3, -0.25) is 0 Å². The molecule has 0 saturated carbocycles. The van der Waals surface area contributed by atoms with Gasteiger partial charge in [0.25, 0.3) is 0 Å². The molecule has 0 atom stereocenters. The minimum atomic E-state index is 0. The number of amidine groups is 1. The molecule has 0 amide bonds. The molecule has 0 saturated heterocycles. The standard InChI is InChI=1S/C13H16N2OS.BrH/c14-13-15-8-12(10-17-13)6-7-16-9-11-4-2-1-3-5-11;/h1-5,8H,6-7,9-10H2,(H2,14,15);1H. The first-order valence-electron chi connectivity index (χ1n) is 5.60. The summed E-state index contributed by atoms with van der Waals surface area (Å²) in [7, 11) is 0. The first kappa shape index (κ1) is 15.3. The van der Waals surface area contributed by atoms with Crippen molar-refractivity contribution in [1.29, 1.82) is 0 Å². The minimum Gasteiger partial charge on any atom is -0.378 e. The highest BCUT2D eigenvalue weighted by Gasteiger charge is 2.05. The Labute approximate surface area is 122 Å². The van der Waals surface area contributed by atoms with Crippen LogP contribution in [0.4, 0.5) is 0 Å². The Morgan fingerprint density at radius 3 is 2.72 bits per heavy atom. The van der Waals surface area contributed by atoms with Crippen LogP contribution >= 0.6 is 28.7 Å². The largest absolute Gasteiger partial charge is 0.378 e. The van der Waals surface area contributed by atoms with Crippen LogP contribution < -0.4 is 5.73 Å². The van der Waals surface area contributed by atoms with Gasteiger partial charge < -0.3 is 10.5 Å². The van der Waals surface area contributed by atoms with Crippen molar-refractivity contribution in [2.45, 2.75) is 13.0 Å². The molecule has 1 aliphatic heterocycles. The lowest BCUT2D eigenvalue weighted by Gasteiger charge is -2.10. The Bertz CT molecular complexity index is 420. The predicted octanol–water partition coefficient (Wildman–Crippen LogP) is 3.12. The number of hydrogen-bond acceptors (Lipinski definition) is 4. The van der Waals surface area contributed by atoms with E-state index in [1.165, 1.54) is 11.1 Å². The molecule has 0 bridgehead atoms. The number of rotatable bonds is 5. The van der Waals surface area contributed by atoms with Crippen LogP contribution in [0.5, 0.6) is 0 Å². The van der Waals surface area contributed by atoms with Gasteiger partial charge in [0.15, 0.2) is 5.17 Å². The second-order valence-electron chi connectivity index (χ2n) is 3.83. The molecule has 5 heteroatoms. The van der Waals surface area contributed by atoms with E-state index in [1.807, 2.05) is 24.4 Å². The SMILES string of the molecule is Br.NC1=NC=C(CCOCc2ccccc2)CS1. The summed E-state index contributed by atoms with van der Waals surface area (Å²) in [6.45, 7) is 1.41. The maximum absolute atomic E-state index is 5.62. The smallest absolute Gasteiger partial charge is 0.158 e. The highest BCUT2D eigenvalue weighted by Crippen LogP contribution is 2.16. The molecule has 0 aromatic heterocycles. The van der Waals surface area contributed by atoms with Crippen molar-refractivity contribution in [1.82, 2.24) is 0 Å². The lowest BCUT2D eigenvalue weighted by atomic mass is 10.2. The van der Waals surface area contributed by atoms with Gasteiger partial charge in [-0.15, -0.1) is 17.0 Å². The number of hydrogen-bond donors (Lipinski definition) is 1. The second kappa shape index (κ2) is 8.34. The Morgan fingerprint density at radius 1 is 1.28 bits per heavy atom. The first-order valence-corrected chi connectivity index (χ1v) is 6.59. The van der Waals surface area contributed by atoms with Crippen LogP contribution in [0.15, 0.2) is 47.1 Å². The van der Waals surface area contributed by atoms with Crippen LogP contribution in [0.3, 0.4) is 0 Å². The van der Waals surface area contributed by atoms with Gasteiger partial charge in [0.2, 0.25) is 0 Å². The van der Waals surface area contributed by atoms with Crippen LogP contribution in [0.1, 0.15) is 12.0 Å². The number of nitrogens with two attached hydrogens (primary N) is 1. The van der Waals surface area contributed by atoms with Gasteiger partial charge in [0.1, 0.15) is 0 Å². The lowest BCUT2D eigenvalue weighted by Crippen LogP contribution is -2.11. The summed E-state index contributed by atoms with van der Waals surface area (Å²) in [6, 6.07) is 10.2. The number of ether oxygens (including phenoxy) is 1. The average molecular weight is 329 g/mol. The summed E-state index contributed by atoms with van der Waals surface area (Å²) in [5.41, 5.74) is 8.06. The fourth-order valence-corrected chi connectivity index (χ4v) is 2.18. The third-order valence-corrected chi connectivity index (χ3v) is 3.38. The number of nitrogens with zero attached hydrogens (tertiary/aromatic N) is 1. The van der Waals surface area contributed by atoms with E-state index in [2.05, 4.69) is 17.1 Å². The number of halogens is 1. The topological polar surface area (TPSA) is 47.6 Å². The monoisotopic (exact) mass is 328 g/mol. The molecule has 0 spiro atoms. The first-order chi connectivity index (χ1) is 8.34. The molecule has 0 unspecified atom stereocenters. The minimum absolute atomic E-state index is 0. The van der Waals surface area contributed by atoms with Crippen molar-refractivity contribution >= 4 is 33.9 Å². The Balaban J connectivity index is 0.00000162. The highest BCUT2D eigenvalue weighted by atomic mass is 79.9. The Kier molecular flexibility index (Phi) is 7.08. The molecule has 1 aromatic carbocycles. The van der Waals surface area contributed by atoms with E-state index in [-0.39, 0.29) is 17.0 Å². The molecule has 2 rings (SSSR count). The fourth-order valence-electron chi connectivity index (χ4n) is 1.50. The molecule has 0 fully saturated rings. The van der Waals surface area contributed by atoms with E-state index in [0.717, 1.165) is 18.8 Å². The molecule has 0 radical (unpaired) electrons. The van der Waals surface area contributed by atoms with Crippen LogP contribution in [0.2, 0.25) is 0 Å². The lowest BCUT2D eigenvalue weighted by molar-refractivity contribution is 0.124. The zero-order valence-electron chi connectivity index (χ0n) is 10.0. The van der Waals surface area contributed by atoms with E-state index >= 15 is 0 Å². The van der Waals surface area contributed by atoms with Gasteiger partial charge in [0, 0.05) is 12.0 Å². The Morgan fingerprint density at radius 2 is 2.06 bits per heavy atom. The van der Waals surface area contributed by atoms with E-state index < -0.39 is 0 Å². The molecule has 1 heterocycles. The van der Waals surface area contributed by atoms with Crippen molar-refractivity contribution in [2.75, 3.05) is 12.4 Å². The molecule has 1 aliphatic rings. The van der Waals surface area contributed by atoms with Crippen molar-refractivity contribution in [3.63, 3.8) is 0 Å². The summed E-state index contributed by atoms with van der Waals surface area (Å²) in [5.74, 6) is 0.935. The third-order valence-electron chi connectivity index (χ3n) is 2.46. The zero-order valence-corrected chi connectivity index (χ0v) is 12.6. The van der Waals surface area contributed by atoms with Gasteiger partial charge in [0.05, 0.1) is 13.2 Å². The molecule has 3 nitrogen and oxygen atoms in total. The van der Waals surface area contributed by atoms with E-state index in [4.69, 9.17) is 10.5 Å². The van der Waals surface area contributed by atoms with Gasteiger partial charge in [-0.25, -0.2) is 4.99 Å². The van der Waals surface area contributed by atoms with Crippen LogP contribution in [0, 0.1) is 0 Å². The number of aliphatic imine (C=N–C) groups is 1. The van der Waals surface area contributed by atoms with Crippen LogP contribution in [0.25, 0.3) is 0 Å². The third kappa shape index (κ3) is 5.25. The van der Waals surface area contributed by atoms with Gasteiger partial charge in [-0.1, -0.05) is 42.1 Å². The predicted molar refractivity (Wildman–Crippen MR) is 83.2 cm³/mol. The van der Waals surface area contributed by atoms with Crippen molar-refractivity contribution in [3.8, 4) is 0 Å².